The van der Waals surface area contributed by atoms with Crippen molar-refractivity contribution in [3.63, 3.8) is 0 Å². The summed E-state index contributed by atoms with van der Waals surface area (Å²) in [7, 11) is -3.45. The number of hydrogen-bond donors (Lipinski definition) is 0. The maximum absolute atomic E-state index is 12.9. The smallest absolute Gasteiger partial charge is 0.206 e. The molecular weight excluding hydrogens is 320 g/mol. The molecule has 0 aromatic heterocycles. The first-order valence-corrected chi connectivity index (χ1v) is 10.4. The average Bonchev–Trinajstić information content (AvgIpc) is 2.55. The van der Waals surface area contributed by atoms with Crippen LogP contribution in [0.15, 0.2) is 45.9 Å². The fraction of sp³-hybridized carbons (Fsp3) is 0.600. The summed E-state index contributed by atoms with van der Waals surface area (Å²) < 4.78 is 32.3. The fourth-order valence-electron chi connectivity index (χ4n) is 5.39. The van der Waals surface area contributed by atoms with Crippen molar-refractivity contribution in [1.29, 1.82) is 0 Å². The van der Waals surface area contributed by atoms with Gasteiger partial charge in [0.25, 0.3) is 0 Å². The summed E-state index contributed by atoms with van der Waals surface area (Å²) in [6, 6.07) is 8.71. The van der Waals surface area contributed by atoms with E-state index in [0.717, 1.165) is 18.8 Å². The summed E-state index contributed by atoms with van der Waals surface area (Å²) in [6.07, 6.45) is 4.94. The summed E-state index contributed by atoms with van der Waals surface area (Å²) in [5, 5.41) is 0. The zero-order valence-corrected chi connectivity index (χ0v) is 15.5. The molecule has 2 bridgehead atoms. The van der Waals surface area contributed by atoms with E-state index < -0.39 is 9.84 Å². The van der Waals surface area contributed by atoms with E-state index in [2.05, 4.69) is 13.8 Å². The maximum Gasteiger partial charge on any atom is 0.206 e. The molecule has 1 heterocycles. The second-order valence-corrected chi connectivity index (χ2v) is 10.3. The molecule has 3 saturated carbocycles. The highest BCUT2D eigenvalue weighted by Crippen LogP contribution is 2.66. The van der Waals surface area contributed by atoms with Crippen molar-refractivity contribution in [3.8, 4) is 0 Å². The Labute approximate surface area is 145 Å². The van der Waals surface area contributed by atoms with Crippen LogP contribution in [0.5, 0.6) is 0 Å². The fourth-order valence-corrected chi connectivity index (χ4v) is 6.98. The molecule has 3 fully saturated rings. The van der Waals surface area contributed by atoms with Gasteiger partial charge in [0.1, 0.15) is 11.4 Å². The molecule has 3 aliphatic carbocycles. The summed E-state index contributed by atoms with van der Waals surface area (Å²) >= 11 is 0. The molecule has 130 valence electrons. The van der Waals surface area contributed by atoms with Gasteiger partial charge in [0.2, 0.25) is 9.84 Å². The maximum atomic E-state index is 12.9. The number of benzene rings is 1. The third-order valence-electron chi connectivity index (χ3n) is 6.92. The minimum Gasteiger partial charge on any atom is -0.491 e. The lowest BCUT2D eigenvalue weighted by molar-refractivity contribution is -0.216. The topological polar surface area (TPSA) is 43.4 Å². The van der Waals surface area contributed by atoms with Crippen LogP contribution in [0.3, 0.4) is 0 Å². The number of allylic oxidation sites excluding steroid dienone is 2. The number of sulfone groups is 1. The highest BCUT2D eigenvalue weighted by Gasteiger charge is 2.63. The number of rotatable bonds is 2. The standard InChI is InChI=1S/C20H26O3S/c1-14-17(24(21,22)16-7-5-4-6-8-16)10-12-20(23-14)11-9-15-13-18(20)19(15,2)3/h4-8,15,18H,9-13H2,1-3H3/t15-,18+,20+/m0/s1. The number of fused-ring (bicyclic) bond motifs is 1. The van der Waals surface area contributed by atoms with Gasteiger partial charge in [0.05, 0.1) is 9.80 Å². The van der Waals surface area contributed by atoms with Gasteiger partial charge < -0.3 is 4.74 Å². The Balaban J connectivity index is 1.67. The molecule has 1 aromatic carbocycles. The van der Waals surface area contributed by atoms with E-state index in [9.17, 15) is 8.42 Å². The van der Waals surface area contributed by atoms with Gasteiger partial charge in [-0.2, -0.15) is 0 Å². The predicted molar refractivity (Wildman–Crippen MR) is 94.0 cm³/mol. The molecule has 0 unspecified atom stereocenters. The molecule has 4 aliphatic rings. The number of hydrogen-bond acceptors (Lipinski definition) is 3. The molecular formula is C20H26O3S. The van der Waals surface area contributed by atoms with Crippen LogP contribution in [0.4, 0.5) is 0 Å². The highest BCUT2D eigenvalue weighted by atomic mass is 32.2. The highest BCUT2D eigenvalue weighted by molar-refractivity contribution is 7.95. The quantitative estimate of drug-likeness (QED) is 0.780. The van der Waals surface area contributed by atoms with E-state index in [-0.39, 0.29) is 5.60 Å². The van der Waals surface area contributed by atoms with Crippen molar-refractivity contribution in [3.05, 3.63) is 41.0 Å². The van der Waals surface area contributed by atoms with Crippen LogP contribution in [0.25, 0.3) is 0 Å². The molecule has 0 N–H and O–H groups in total. The first kappa shape index (κ1) is 16.2. The molecule has 0 amide bonds. The van der Waals surface area contributed by atoms with Crippen LogP contribution in [0, 0.1) is 17.3 Å². The third kappa shape index (κ3) is 2.11. The summed E-state index contributed by atoms with van der Waals surface area (Å²) in [5.74, 6) is 1.99. The number of ether oxygens (including phenoxy) is 1. The van der Waals surface area contributed by atoms with Gasteiger partial charge in [-0.25, -0.2) is 8.42 Å². The monoisotopic (exact) mass is 346 g/mol. The van der Waals surface area contributed by atoms with E-state index in [1.54, 1.807) is 24.3 Å². The minimum atomic E-state index is -3.45. The molecule has 1 aliphatic heterocycles. The van der Waals surface area contributed by atoms with Gasteiger partial charge in [0, 0.05) is 5.92 Å². The molecule has 4 heteroatoms. The normalized spacial score (nSPS) is 34.6. The second-order valence-electron chi connectivity index (χ2n) is 8.31. The lowest BCUT2D eigenvalue weighted by Gasteiger charge is -2.65. The van der Waals surface area contributed by atoms with Crippen LogP contribution in [0.2, 0.25) is 0 Å². The summed E-state index contributed by atoms with van der Waals surface area (Å²) in [6.45, 7) is 6.55. The van der Waals surface area contributed by atoms with E-state index in [4.69, 9.17) is 4.74 Å². The summed E-state index contributed by atoms with van der Waals surface area (Å²) in [4.78, 5) is 0.838. The molecule has 5 rings (SSSR count). The minimum absolute atomic E-state index is 0.141. The van der Waals surface area contributed by atoms with Gasteiger partial charge in [-0.05, 0) is 62.5 Å². The molecule has 24 heavy (non-hydrogen) atoms. The Kier molecular flexibility index (Phi) is 3.44. The Hall–Kier alpha value is -1.29. The zero-order valence-electron chi connectivity index (χ0n) is 14.7. The third-order valence-corrected chi connectivity index (χ3v) is 8.96. The lowest BCUT2D eigenvalue weighted by Crippen LogP contribution is -2.62. The first-order valence-electron chi connectivity index (χ1n) is 8.96. The lowest BCUT2D eigenvalue weighted by atomic mass is 9.43. The molecule has 0 saturated heterocycles. The van der Waals surface area contributed by atoms with Crippen molar-refractivity contribution in [1.82, 2.24) is 0 Å². The van der Waals surface area contributed by atoms with E-state index in [1.807, 2.05) is 13.0 Å². The van der Waals surface area contributed by atoms with Crippen LogP contribution < -0.4 is 0 Å². The Bertz CT molecular complexity index is 789. The predicted octanol–water partition coefficient (Wildman–Crippen LogP) is 4.70. The summed E-state index contributed by atoms with van der Waals surface area (Å²) in [5.41, 5.74) is 0.187. The molecule has 3 atom stereocenters. The molecule has 1 spiro atoms. The van der Waals surface area contributed by atoms with Crippen LogP contribution in [-0.4, -0.2) is 14.0 Å². The van der Waals surface area contributed by atoms with Crippen LogP contribution in [-0.2, 0) is 14.6 Å². The Morgan fingerprint density at radius 3 is 2.42 bits per heavy atom. The Morgan fingerprint density at radius 1 is 1.12 bits per heavy atom. The SMILES string of the molecule is CC1=C(S(=O)(=O)c2ccccc2)CC[C@@]2(CC[C@H]3C[C@@H]2C3(C)C)O1. The van der Waals surface area contributed by atoms with Gasteiger partial charge in [0.15, 0.2) is 0 Å². The van der Waals surface area contributed by atoms with Crippen molar-refractivity contribution in [2.24, 2.45) is 17.3 Å². The van der Waals surface area contributed by atoms with Crippen molar-refractivity contribution in [2.75, 3.05) is 0 Å². The molecule has 1 aromatic rings. The van der Waals surface area contributed by atoms with Crippen LogP contribution in [0.1, 0.15) is 52.9 Å². The molecule has 3 nitrogen and oxygen atoms in total. The van der Waals surface area contributed by atoms with Crippen molar-refractivity contribution < 1.29 is 13.2 Å². The molecule has 0 radical (unpaired) electrons. The van der Waals surface area contributed by atoms with Crippen LogP contribution >= 0.6 is 0 Å². The van der Waals surface area contributed by atoms with Gasteiger partial charge in [-0.15, -0.1) is 0 Å². The van der Waals surface area contributed by atoms with E-state index in [0.29, 0.717) is 33.3 Å². The average molecular weight is 346 g/mol. The van der Waals surface area contributed by atoms with Crippen molar-refractivity contribution >= 4 is 9.84 Å². The Morgan fingerprint density at radius 2 is 1.83 bits per heavy atom. The van der Waals surface area contributed by atoms with Gasteiger partial charge in [-0.3, -0.25) is 0 Å². The van der Waals surface area contributed by atoms with E-state index in [1.165, 1.54) is 12.8 Å². The zero-order chi connectivity index (χ0) is 17.2. The van der Waals surface area contributed by atoms with E-state index >= 15 is 0 Å². The van der Waals surface area contributed by atoms with Gasteiger partial charge >= 0.3 is 0 Å². The second kappa shape index (κ2) is 5.10. The largest absolute Gasteiger partial charge is 0.491 e. The first-order chi connectivity index (χ1) is 11.3. The van der Waals surface area contributed by atoms with Crippen molar-refractivity contribution in [2.45, 2.75) is 63.4 Å². The van der Waals surface area contributed by atoms with Gasteiger partial charge in [-0.1, -0.05) is 32.0 Å².